The number of hydrogen-bond acceptors (Lipinski definition) is 5. The second kappa shape index (κ2) is 8.50. The highest BCUT2D eigenvalue weighted by Crippen LogP contribution is 2.32. The lowest BCUT2D eigenvalue weighted by Crippen LogP contribution is -2.55. The normalized spacial score (nSPS) is 16.0. The van der Waals surface area contributed by atoms with E-state index in [4.69, 9.17) is 4.74 Å². The molecule has 1 saturated heterocycles. The first-order valence-corrected chi connectivity index (χ1v) is 9.33. The van der Waals surface area contributed by atoms with Gasteiger partial charge in [0.2, 0.25) is 0 Å². The third-order valence-electron chi connectivity index (χ3n) is 4.98. The molecule has 2 aromatic rings. The largest absolute Gasteiger partial charge is 0.416 e. The first-order valence-electron chi connectivity index (χ1n) is 9.33. The number of carbonyl (C=O) groups excluding carboxylic acids is 1. The van der Waals surface area contributed by atoms with Gasteiger partial charge in [0, 0.05) is 25.2 Å². The van der Waals surface area contributed by atoms with Crippen molar-refractivity contribution in [2.75, 3.05) is 32.8 Å². The summed E-state index contributed by atoms with van der Waals surface area (Å²) in [4.78, 5) is 14.7. The third kappa shape index (κ3) is 5.33. The number of nitrogens with one attached hydrogen (secondary N) is 1. The molecule has 1 aromatic heterocycles. The molecular formula is C19H24F3N5O2. The summed E-state index contributed by atoms with van der Waals surface area (Å²) in [6, 6.07) is 5.27. The van der Waals surface area contributed by atoms with Crippen molar-refractivity contribution in [3.63, 3.8) is 0 Å². The van der Waals surface area contributed by atoms with Crippen molar-refractivity contribution < 1.29 is 22.7 Å². The molecule has 1 N–H and O–H groups in total. The van der Waals surface area contributed by atoms with Crippen LogP contribution in [0, 0.1) is 0 Å². The van der Waals surface area contributed by atoms with Crippen LogP contribution in [-0.4, -0.2) is 64.2 Å². The molecule has 0 bridgehead atoms. The third-order valence-corrected chi connectivity index (χ3v) is 4.98. The first kappa shape index (κ1) is 21.3. The summed E-state index contributed by atoms with van der Waals surface area (Å²) in [6.07, 6.45) is -3.10. The standard InChI is InChI=1S/C19H24F3N5O2/c1-18(2,26-7-9-29-10-8-26)13-23-17(28)16-12-27(25-24-16)11-14-5-3-4-6-15(14)19(20,21)22/h3-6,12H,7-11,13H2,1-2H3,(H,23,28). The molecular weight excluding hydrogens is 387 g/mol. The minimum Gasteiger partial charge on any atom is -0.379 e. The number of morpholine rings is 1. The van der Waals surface area contributed by atoms with Crippen LogP contribution < -0.4 is 5.32 Å². The van der Waals surface area contributed by atoms with Crippen molar-refractivity contribution in [2.45, 2.75) is 32.1 Å². The molecule has 0 atom stereocenters. The topological polar surface area (TPSA) is 72.3 Å². The molecule has 2 heterocycles. The van der Waals surface area contributed by atoms with Gasteiger partial charge in [-0.05, 0) is 25.5 Å². The second-order valence-corrected chi connectivity index (χ2v) is 7.55. The van der Waals surface area contributed by atoms with Gasteiger partial charge in [0.25, 0.3) is 5.91 Å². The van der Waals surface area contributed by atoms with E-state index in [1.54, 1.807) is 0 Å². The van der Waals surface area contributed by atoms with Crippen LogP contribution in [0.1, 0.15) is 35.5 Å². The van der Waals surface area contributed by atoms with Crippen molar-refractivity contribution in [1.82, 2.24) is 25.2 Å². The Morgan fingerprint density at radius 3 is 2.59 bits per heavy atom. The van der Waals surface area contributed by atoms with Crippen LogP contribution >= 0.6 is 0 Å². The molecule has 29 heavy (non-hydrogen) atoms. The highest BCUT2D eigenvalue weighted by atomic mass is 19.4. The number of hydrogen-bond donors (Lipinski definition) is 1. The molecule has 3 rings (SSSR count). The number of ether oxygens (including phenoxy) is 1. The number of aromatic nitrogens is 3. The summed E-state index contributed by atoms with van der Waals surface area (Å²) in [5, 5.41) is 10.4. The number of amides is 1. The molecule has 1 aliphatic rings. The summed E-state index contributed by atoms with van der Waals surface area (Å²) in [5.74, 6) is -0.415. The fraction of sp³-hybridized carbons (Fsp3) is 0.526. The monoisotopic (exact) mass is 411 g/mol. The smallest absolute Gasteiger partial charge is 0.379 e. The van der Waals surface area contributed by atoms with Gasteiger partial charge in [-0.25, -0.2) is 4.68 Å². The zero-order valence-electron chi connectivity index (χ0n) is 16.4. The summed E-state index contributed by atoms with van der Waals surface area (Å²) in [6.45, 7) is 7.23. The van der Waals surface area contributed by atoms with Crippen LogP contribution in [-0.2, 0) is 17.5 Å². The van der Waals surface area contributed by atoms with Gasteiger partial charge in [-0.1, -0.05) is 23.4 Å². The maximum Gasteiger partial charge on any atom is 0.416 e. The predicted octanol–water partition coefficient (Wildman–Crippen LogP) is 2.19. The average molecular weight is 411 g/mol. The lowest BCUT2D eigenvalue weighted by Gasteiger charge is -2.40. The molecule has 0 saturated carbocycles. The van der Waals surface area contributed by atoms with Gasteiger partial charge in [0.05, 0.1) is 31.5 Å². The Labute approximate surface area is 166 Å². The van der Waals surface area contributed by atoms with Crippen molar-refractivity contribution in [1.29, 1.82) is 0 Å². The van der Waals surface area contributed by atoms with Crippen molar-refractivity contribution in [3.05, 3.63) is 47.3 Å². The van der Waals surface area contributed by atoms with Crippen LogP contribution in [0.5, 0.6) is 0 Å². The zero-order chi connectivity index (χ0) is 21.1. The van der Waals surface area contributed by atoms with E-state index in [-0.39, 0.29) is 23.3 Å². The maximum atomic E-state index is 13.1. The Kier molecular flexibility index (Phi) is 6.23. The van der Waals surface area contributed by atoms with E-state index in [1.807, 2.05) is 13.8 Å². The molecule has 158 valence electrons. The van der Waals surface area contributed by atoms with Gasteiger partial charge in [-0.3, -0.25) is 9.69 Å². The number of benzene rings is 1. The Hall–Kier alpha value is -2.46. The minimum absolute atomic E-state index is 0.0605. The molecule has 1 aromatic carbocycles. The van der Waals surface area contributed by atoms with Crippen LogP contribution in [0.3, 0.4) is 0 Å². The van der Waals surface area contributed by atoms with E-state index < -0.39 is 17.6 Å². The molecule has 0 spiro atoms. The Morgan fingerprint density at radius 2 is 1.90 bits per heavy atom. The number of halogens is 3. The van der Waals surface area contributed by atoms with Gasteiger partial charge in [0.1, 0.15) is 0 Å². The molecule has 10 heteroatoms. The highest BCUT2D eigenvalue weighted by Gasteiger charge is 2.33. The van der Waals surface area contributed by atoms with Gasteiger partial charge in [-0.15, -0.1) is 5.10 Å². The minimum atomic E-state index is -4.46. The second-order valence-electron chi connectivity index (χ2n) is 7.55. The van der Waals surface area contributed by atoms with Crippen LogP contribution in [0.15, 0.2) is 30.5 Å². The maximum absolute atomic E-state index is 13.1. The quantitative estimate of drug-likeness (QED) is 0.789. The van der Waals surface area contributed by atoms with Crippen molar-refractivity contribution in [2.24, 2.45) is 0 Å². The summed E-state index contributed by atoms with van der Waals surface area (Å²) >= 11 is 0. The van der Waals surface area contributed by atoms with E-state index >= 15 is 0 Å². The fourth-order valence-corrected chi connectivity index (χ4v) is 3.26. The van der Waals surface area contributed by atoms with E-state index in [0.717, 1.165) is 19.2 Å². The zero-order valence-corrected chi connectivity index (χ0v) is 16.4. The van der Waals surface area contributed by atoms with Crippen LogP contribution in [0.25, 0.3) is 0 Å². The molecule has 1 aliphatic heterocycles. The van der Waals surface area contributed by atoms with Crippen molar-refractivity contribution in [3.8, 4) is 0 Å². The average Bonchev–Trinajstić information content (AvgIpc) is 3.15. The lowest BCUT2D eigenvalue weighted by atomic mass is 10.0. The molecule has 0 unspecified atom stereocenters. The van der Waals surface area contributed by atoms with E-state index in [9.17, 15) is 18.0 Å². The highest BCUT2D eigenvalue weighted by molar-refractivity contribution is 5.91. The summed E-state index contributed by atoms with van der Waals surface area (Å²) in [7, 11) is 0. The number of alkyl halides is 3. The van der Waals surface area contributed by atoms with E-state index in [1.165, 1.54) is 29.1 Å². The molecule has 0 aliphatic carbocycles. The number of carbonyl (C=O) groups is 1. The fourth-order valence-electron chi connectivity index (χ4n) is 3.26. The number of rotatable bonds is 6. The Bertz CT molecular complexity index is 844. The van der Waals surface area contributed by atoms with Crippen LogP contribution in [0.2, 0.25) is 0 Å². The predicted molar refractivity (Wildman–Crippen MR) is 99.4 cm³/mol. The summed E-state index contributed by atoms with van der Waals surface area (Å²) in [5.41, 5.74) is -0.868. The number of nitrogens with zero attached hydrogens (tertiary/aromatic N) is 4. The van der Waals surface area contributed by atoms with Gasteiger partial charge >= 0.3 is 6.18 Å². The van der Waals surface area contributed by atoms with Crippen molar-refractivity contribution >= 4 is 5.91 Å². The molecule has 1 fully saturated rings. The van der Waals surface area contributed by atoms with Crippen LogP contribution in [0.4, 0.5) is 13.2 Å². The Morgan fingerprint density at radius 1 is 1.21 bits per heavy atom. The SMILES string of the molecule is CC(C)(CNC(=O)c1cn(Cc2ccccc2C(F)(F)F)nn1)N1CCOCC1. The lowest BCUT2D eigenvalue weighted by molar-refractivity contribution is -0.138. The van der Waals surface area contributed by atoms with E-state index in [2.05, 4.69) is 20.5 Å². The van der Waals surface area contributed by atoms with Gasteiger partial charge < -0.3 is 10.1 Å². The molecule has 7 nitrogen and oxygen atoms in total. The van der Waals surface area contributed by atoms with Gasteiger partial charge in [-0.2, -0.15) is 13.2 Å². The summed E-state index contributed by atoms with van der Waals surface area (Å²) < 4.78 is 46.0. The molecule has 1 amide bonds. The van der Waals surface area contributed by atoms with E-state index in [0.29, 0.717) is 19.8 Å². The Balaban J connectivity index is 1.62. The van der Waals surface area contributed by atoms with Gasteiger partial charge in [0.15, 0.2) is 5.69 Å². The molecule has 0 radical (unpaired) electrons. The first-order chi connectivity index (χ1) is 13.7.